The number of hydrogen-bond acceptors (Lipinski definition) is 5. The molecule has 1 aromatic heterocycles. The maximum atomic E-state index is 12.4. The molecule has 1 unspecified atom stereocenters. The predicted octanol–water partition coefficient (Wildman–Crippen LogP) is 3.12. The molecule has 0 saturated carbocycles. The van der Waals surface area contributed by atoms with Gasteiger partial charge in [-0.1, -0.05) is 0 Å². The molecule has 0 aliphatic carbocycles. The first-order valence-electron chi connectivity index (χ1n) is 8.02. The number of benzene rings is 1. The van der Waals surface area contributed by atoms with Crippen molar-refractivity contribution < 1.29 is 19.0 Å². The number of carbonyl (C=O) groups excluding carboxylic acids is 1. The van der Waals surface area contributed by atoms with Crippen molar-refractivity contribution in [2.24, 2.45) is 0 Å². The number of methoxy groups -OCH3 is 3. The molecular weight excluding hydrogens is 322 g/mol. The molecule has 1 aromatic carbocycles. The normalized spacial score (nSPS) is 11.8. The summed E-state index contributed by atoms with van der Waals surface area (Å²) in [4.78, 5) is 12.4. The SMILES string of the molecule is COc1cc(NC(=O)CC(C)n2nc(C)cc2C)cc(OC)c1OC. The van der Waals surface area contributed by atoms with E-state index in [4.69, 9.17) is 14.2 Å². The molecule has 7 heteroatoms. The molecular formula is C18H25N3O4. The molecule has 136 valence electrons. The van der Waals surface area contributed by atoms with Gasteiger partial charge in [-0.25, -0.2) is 0 Å². The van der Waals surface area contributed by atoms with Gasteiger partial charge in [0, 0.05) is 29.9 Å². The molecule has 0 aliphatic heterocycles. The summed E-state index contributed by atoms with van der Waals surface area (Å²) in [5.74, 6) is 1.35. The number of aryl methyl sites for hydroxylation is 2. The van der Waals surface area contributed by atoms with Gasteiger partial charge in [-0.15, -0.1) is 0 Å². The smallest absolute Gasteiger partial charge is 0.226 e. The lowest BCUT2D eigenvalue weighted by atomic mass is 10.2. The minimum absolute atomic E-state index is 0.0456. The molecule has 0 aliphatic rings. The van der Waals surface area contributed by atoms with E-state index in [9.17, 15) is 4.79 Å². The second-order valence-electron chi connectivity index (χ2n) is 5.89. The average Bonchev–Trinajstić information content (AvgIpc) is 2.92. The minimum atomic E-state index is -0.116. The van der Waals surface area contributed by atoms with Gasteiger partial charge in [-0.2, -0.15) is 5.10 Å². The summed E-state index contributed by atoms with van der Waals surface area (Å²) in [6.07, 6.45) is 0.304. The Morgan fingerprint density at radius 1 is 1.12 bits per heavy atom. The third-order valence-corrected chi connectivity index (χ3v) is 3.89. The number of rotatable bonds is 7. The van der Waals surface area contributed by atoms with Gasteiger partial charge < -0.3 is 19.5 Å². The Balaban J connectivity index is 2.13. The van der Waals surface area contributed by atoms with E-state index in [1.165, 1.54) is 21.3 Å². The van der Waals surface area contributed by atoms with E-state index < -0.39 is 0 Å². The highest BCUT2D eigenvalue weighted by Crippen LogP contribution is 2.40. The minimum Gasteiger partial charge on any atom is -0.493 e. The van der Waals surface area contributed by atoms with Crippen molar-refractivity contribution in [3.63, 3.8) is 0 Å². The van der Waals surface area contributed by atoms with Gasteiger partial charge in [-0.3, -0.25) is 9.48 Å². The fraction of sp³-hybridized carbons (Fsp3) is 0.444. The van der Waals surface area contributed by atoms with Crippen LogP contribution in [0, 0.1) is 13.8 Å². The first-order valence-corrected chi connectivity index (χ1v) is 8.02. The maximum absolute atomic E-state index is 12.4. The molecule has 0 spiro atoms. The molecule has 7 nitrogen and oxygen atoms in total. The topological polar surface area (TPSA) is 74.6 Å². The van der Waals surface area contributed by atoms with Crippen LogP contribution < -0.4 is 19.5 Å². The molecule has 0 bridgehead atoms. The second kappa shape index (κ2) is 7.92. The zero-order valence-electron chi connectivity index (χ0n) is 15.5. The number of ether oxygens (including phenoxy) is 3. The summed E-state index contributed by atoms with van der Waals surface area (Å²) in [6, 6.07) is 5.35. The van der Waals surface area contributed by atoms with Gasteiger partial charge in [0.15, 0.2) is 11.5 Å². The lowest BCUT2D eigenvalue weighted by molar-refractivity contribution is -0.116. The van der Waals surface area contributed by atoms with Crippen LogP contribution in [0.25, 0.3) is 0 Å². The molecule has 1 N–H and O–H groups in total. The van der Waals surface area contributed by atoms with Gasteiger partial charge in [-0.05, 0) is 26.8 Å². The molecule has 1 heterocycles. The van der Waals surface area contributed by atoms with E-state index >= 15 is 0 Å². The van der Waals surface area contributed by atoms with E-state index in [-0.39, 0.29) is 11.9 Å². The van der Waals surface area contributed by atoms with Crippen molar-refractivity contribution in [2.75, 3.05) is 26.6 Å². The first kappa shape index (κ1) is 18.6. The summed E-state index contributed by atoms with van der Waals surface area (Å²) >= 11 is 0. The van der Waals surface area contributed by atoms with Crippen molar-refractivity contribution >= 4 is 11.6 Å². The summed E-state index contributed by atoms with van der Waals surface area (Å²) in [7, 11) is 4.61. The molecule has 1 amide bonds. The molecule has 0 radical (unpaired) electrons. The van der Waals surface area contributed by atoms with Gasteiger partial charge in [0.2, 0.25) is 11.7 Å². The van der Waals surface area contributed by atoms with Crippen LogP contribution in [0.1, 0.15) is 30.8 Å². The van der Waals surface area contributed by atoms with Crippen molar-refractivity contribution in [3.8, 4) is 17.2 Å². The standard InChI is InChI=1S/C18H25N3O4/c1-11-7-12(2)21(20-11)13(3)8-17(22)19-14-9-15(23-4)18(25-6)16(10-14)24-5/h7,9-10,13H,8H2,1-6H3,(H,19,22). The zero-order valence-corrected chi connectivity index (χ0v) is 15.5. The lowest BCUT2D eigenvalue weighted by Gasteiger charge is -2.16. The number of nitrogens with zero attached hydrogens (tertiary/aromatic N) is 2. The number of aromatic nitrogens is 2. The number of amides is 1. The summed E-state index contributed by atoms with van der Waals surface area (Å²) in [6.45, 7) is 5.88. The summed E-state index contributed by atoms with van der Waals surface area (Å²) in [5, 5.41) is 7.30. The molecule has 2 rings (SSSR count). The molecule has 25 heavy (non-hydrogen) atoms. The highest BCUT2D eigenvalue weighted by Gasteiger charge is 2.17. The fourth-order valence-corrected chi connectivity index (χ4v) is 2.81. The van der Waals surface area contributed by atoms with E-state index in [0.29, 0.717) is 29.4 Å². The molecule has 2 aromatic rings. The quantitative estimate of drug-likeness (QED) is 0.833. The number of nitrogens with one attached hydrogen (secondary N) is 1. The first-order chi connectivity index (χ1) is 11.9. The van der Waals surface area contributed by atoms with Crippen LogP contribution in [0.2, 0.25) is 0 Å². The Hall–Kier alpha value is -2.70. The van der Waals surface area contributed by atoms with Gasteiger partial charge >= 0.3 is 0 Å². The van der Waals surface area contributed by atoms with Crippen molar-refractivity contribution in [1.29, 1.82) is 0 Å². The Morgan fingerprint density at radius 2 is 1.72 bits per heavy atom. The number of carbonyl (C=O) groups is 1. The monoisotopic (exact) mass is 347 g/mol. The van der Waals surface area contributed by atoms with E-state index in [1.54, 1.807) is 12.1 Å². The highest BCUT2D eigenvalue weighted by molar-refractivity contribution is 5.91. The Kier molecular flexibility index (Phi) is 5.90. The Labute approximate surface area is 147 Å². The van der Waals surface area contributed by atoms with Gasteiger partial charge in [0.05, 0.1) is 33.1 Å². The molecule has 1 atom stereocenters. The Bertz CT molecular complexity index is 730. The largest absolute Gasteiger partial charge is 0.493 e. The average molecular weight is 347 g/mol. The van der Waals surface area contributed by atoms with Crippen LogP contribution in [0.3, 0.4) is 0 Å². The third kappa shape index (κ3) is 4.23. The maximum Gasteiger partial charge on any atom is 0.226 e. The predicted molar refractivity (Wildman–Crippen MR) is 95.8 cm³/mol. The van der Waals surface area contributed by atoms with Crippen LogP contribution in [0.15, 0.2) is 18.2 Å². The van der Waals surface area contributed by atoms with Crippen LogP contribution in [0.5, 0.6) is 17.2 Å². The van der Waals surface area contributed by atoms with Crippen molar-refractivity contribution in [1.82, 2.24) is 9.78 Å². The van der Waals surface area contributed by atoms with Crippen molar-refractivity contribution in [2.45, 2.75) is 33.2 Å². The lowest BCUT2D eigenvalue weighted by Crippen LogP contribution is -2.19. The third-order valence-electron chi connectivity index (χ3n) is 3.89. The molecule has 0 saturated heterocycles. The van der Waals surface area contributed by atoms with Crippen LogP contribution in [0.4, 0.5) is 5.69 Å². The van der Waals surface area contributed by atoms with E-state index in [2.05, 4.69) is 10.4 Å². The van der Waals surface area contributed by atoms with E-state index in [0.717, 1.165) is 11.4 Å². The zero-order chi connectivity index (χ0) is 18.6. The summed E-state index contributed by atoms with van der Waals surface area (Å²) in [5.41, 5.74) is 2.56. The van der Waals surface area contributed by atoms with Crippen LogP contribution in [-0.2, 0) is 4.79 Å². The van der Waals surface area contributed by atoms with Crippen LogP contribution >= 0.6 is 0 Å². The highest BCUT2D eigenvalue weighted by atomic mass is 16.5. The number of hydrogen-bond donors (Lipinski definition) is 1. The van der Waals surface area contributed by atoms with E-state index in [1.807, 2.05) is 31.5 Å². The second-order valence-corrected chi connectivity index (χ2v) is 5.89. The van der Waals surface area contributed by atoms with Crippen molar-refractivity contribution in [3.05, 3.63) is 29.6 Å². The fourth-order valence-electron chi connectivity index (χ4n) is 2.81. The van der Waals surface area contributed by atoms with Gasteiger partial charge in [0.1, 0.15) is 0 Å². The molecule has 0 fully saturated rings. The number of anilines is 1. The van der Waals surface area contributed by atoms with Gasteiger partial charge in [0.25, 0.3) is 0 Å². The Morgan fingerprint density at radius 3 is 2.16 bits per heavy atom. The summed E-state index contributed by atoms with van der Waals surface area (Å²) < 4.78 is 17.7. The van der Waals surface area contributed by atoms with Crippen LogP contribution in [-0.4, -0.2) is 37.0 Å².